The molecule has 1 saturated heterocycles. The Bertz CT molecular complexity index is 326. The van der Waals surface area contributed by atoms with Crippen molar-refractivity contribution in [3.05, 3.63) is 35.9 Å². The molecule has 0 radical (unpaired) electrons. The molecule has 0 bridgehead atoms. The van der Waals surface area contributed by atoms with Gasteiger partial charge < -0.3 is 10.5 Å². The zero-order chi connectivity index (χ0) is 12.1. The Kier molecular flexibility index (Phi) is 4.54. The maximum absolute atomic E-state index is 5.84. The molecule has 1 aliphatic heterocycles. The fourth-order valence-corrected chi connectivity index (χ4v) is 2.60. The van der Waals surface area contributed by atoms with Crippen LogP contribution in [-0.4, -0.2) is 37.2 Å². The van der Waals surface area contributed by atoms with Gasteiger partial charge in [0.1, 0.15) is 0 Å². The highest BCUT2D eigenvalue weighted by atomic mass is 16.5. The van der Waals surface area contributed by atoms with Gasteiger partial charge in [0.25, 0.3) is 0 Å². The molecule has 1 heterocycles. The smallest absolute Gasteiger partial charge is 0.0894 e. The molecule has 3 nitrogen and oxygen atoms in total. The standard InChI is InChI=1S/C14H22N2O/c1-2-8-16-9-10-17-13(11-15)14(16)12-6-4-3-5-7-12/h3-7,13-14H,2,8-11,15H2,1H3. The molecule has 1 aromatic carbocycles. The molecule has 1 aromatic rings. The number of rotatable bonds is 4. The third-order valence-corrected chi connectivity index (χ3v) is 3.34. The Morgan fingerprint density at radius 3 is 2.76 bits per heavy atom. The number of hydrogen-bond acceptors (Lipinski definition) is 3. The first kappa shape index (κ1) is 12.6. The molecule has 2 unspecified atom stereocenters. The molecule has 2 N–H and O–H groups in total. The van der Waals surface area contributed by atoms with Gasteiger partial charge in [0, 0.05) is 13.1 Å². The van der Waals surface area contributed by atoms with Gasteiger partial charge in [-0.15, -0.1) is 0 Å². The summed E-state index contributed by atoms with van der Waals surface area (Å²) in [5, 5.41) is 0. The van der Waals surface area contributed by atoms with Crippen LogP contribution in [0.4, 0.5) is 0 Å². The van der Waals surface area contributed by atoms with Gasteiger partial charge in [-0.05, 0) is 18.5 Å². The lowest BCUT2D eigenvalue weighted by atomic mass is 9.98. The maximum atomic E-state index is 5.84. The quantitative estimate of drug-likeness (QED) is 0.863. The molecule has 2 rings (SSSR count). The van der Waals surface area contributed by atoms with Crippen molar-refractivity contribution in [2.45, 2.75) is 25.5 Å². The van der Waals surface area contributed by atoms with Gasteiger partial charge in [0.05, 0.1) is 18.8 Å². The Hall–Kier alpha value is -0.900. The van der Waals surface area contributed by atoms with Crippen LogP contribution in [0, 0.1) is 0 Å². The van der Waals surface area contributed by atoms with Crippen molar-refractivity contribution in [2.24, 2.45) is 5.73 Å². The first-order valence-corrected chi connectivity index (χ1v) is 6.47. The van der Waals surface area contributed by atoms with E-state index in [0.717, 1.165) is 19.7 Å². The zero-order valence-corrected chi connectivity index (χ0v) is 10.5. The van der Waals surface area contributed by atoms with E-state index in [9.17, 15) is 0 Å². The van der Waals surface area contributed by atoms with E-state index in [0.29, 0.717) is 12.6 Å². The van der Waals surface area contributed by atoms with Crippen molar-refractivity contribution in [1.29, 1.82) is 0 Å². The minimum atomic E-state index is 0.123. The van der Waals surface area contributed by atoms with Crippen molar-refractivity contribution in [1.82, 2.24) is 4.90 Å². The Morgan fingerprint density at radius 1 is 1.35 bits per heavy atom. The molecule has 1 aliphatic rings. The average Bonchev–Trinajstić information content (AvgIpc) is 2.40. The van der Waals surface area contributed by atoms with Crippen LogP contribution in [0.2, 0.25) is 0 Å². The summed E-state index contributed by atoms with van der Waals surface area (Å²) >= 11 is 0. The summed E-state index contributed by atoms with van der Waals surface area (Å²) in [5.41, 5.74) is 7.15. The minimum Gasteiger partial charge on any atom is -0.374 e. The van der Waals surface area contributed by atoms with Crippen molar-refractivity contribution in [2.75, 3.05) is 26.2 Å². The fourth-order valence-electron chi connectivity index (χ4n) is 2.60. The average molecular weight is 234 g/mol. The second-order valence-electron chi connectivity index (χ2n) is 4.54. The first-order valence-electron chi connectivity index (χ1n) is 6.47. The van der Waals surface area contributed by atoms with Crippen LogP contribution in [0.3, 0.4) is 0 Å². The molecule has 17 heavy (non-hydrogen) atoms. The van der Waals surface area contributed by atoms with Crippen molar-refractivity contribution in [3.63, 3.8) is 0 Å². The lowest BCUT2D eigenvalue weighted by molar-refractivity contribution is -0.0676. The van der Waals surface area contributed by atoms with Gasteiger partial charge in [-0.3, -0.25) is 4.90 Å². The van der Waals surface area contributed by atoms with E-state index in [1.165, 1.54) is 12.0 Å². The van der Waals surface area contributed by atoms with E-state index in [-0.39, 0.29) is 6.10 Å². The van der Waals surface area contributed by atoms with E-state index in [2.05, 4.69) is 42.2 Å². The Balaban J connectivity index is 2.22. The lowest BCUT2D eigenvalue weighted by Crippen LogP contribution is -2.48. The second kappa shape index (κ2) is 6.15. The second-order valence-corrected chi connectivity index (χ2v) is 4.54. The minimum absolute atomic E-state index is 0.123. The van der Waals surface area contributed by atoms with Crippen LogP contribution in [0.1, 0.15) is 24.9 Å². The summed E-state index contributed by atoms with van der Waals surface area (Å²) in [4.78, 5) is 2.50. The highest BCUT2D eigenvalue weighted by Crippen LogP contribution is 2.28. The number of nitrogens with two attached hydrogens (primary N) is 1. The van der Waals surface area contributed by atoms with Crippen LogP contribution in [0.5, 0.6) is 0 Å². The van der Waals surface area contributed by atoms with Crippen LogP contribution >= 0.6 is 0 Å². The largest absolute Gasteiger partial charge is 0.374 e. The third kappa shape index (κ3) is 2.86. The fraction of sp³-hybridized carbons (Fsp3) is 0.571. The molecule has 0 aliphatic carbocycles. The van der Waals surface area contributed by atoms with Gasteiger partial charge in [0.15, 0.2) is 0 Å². The highest BCUT2D eigenvalue weighted by molar-refractivity contribution is 5.21. The van der Waals surface area contributed by atoms with E-state index >= 15 is 0 Å². The maximum Gasteiger partial charge on any atom is 0.0894 e. The lowest BCUT2D eigenvalue weighted by Gasteiger charge is -2.41. The summed E-state index contributed by atoms with van der Waals surface area (Å²) in [7, 11) is 0. The van der Waals surface area contributed by atoms with Crippen LogP contribution in [0.25, 0.3) is 0 Å². The van der Waals surface area contributed by atoms with Gasteiger partial charge in [-0.2, -0.15) is 0 Å². The van der Waals surface area contributed by atoms with Gasteiger partial charge in [-0.1, -0.05) is 37.3 Å². The monoisotopic (exact) mass is 234 g/mol. The number of hydrogen-bond donors (Lipinski definition) is 1. The number of benzene rings is 1. The van der Waals surface area contributed by atoms with E-state index in [1.54, 1.807) is 0 Å². The zero-order valence-electron chi connectivity index (χ0n) is 10.5. The van der Waals surface area contributed by atoms with Gasteiger partial charge >= 0.3 is 0 Å². The summed E-state index contributed by atoms with van der Waals surface area (Å²) < 4.78 is 5.80. The van der Waals surface area contributed by atoms with Crippen LogP contribution in [0.15, 0.2) is 30.3 Å². The molecule has 3 heteroatoms. The normalized spacial score (nSPS) is 26.0. The number of morpholine rings is 1. The molecule has 0 spiro atoms. The number of nitrogens with zero attached hydrogens (tertiary/aromatic N) is 1. The Morgan fingerprint density at radius 2 is 2.12 bits per heavy atom. The summed E-state index contributed by atoms with van der Waals surface area (Å²) in [5.74, 6) is 0. The molecule has 0 aromatic heterocycles. The predicted octanol–water partition coefficient (Wildman–Crippen LogP) is 1.80. The van der Waals surface area contributed by atoms with Gasteiger partial charge in [-0.25, -0.2) is 0 Å². The summed E-state index contributed by atoms with van der Waals surface area (Å²) in [6.45, 7) is 5.71. The third-order valence-electron chi connectivity index (χ3n) is 3.34. The first-order chi connectivity index (χ1) is 8.36. The highest BCUT2D eigenvalue weighted by Gasteiger charge is 2.31. The van der Waals surface area contributed by atoms with Gasteiger partial charge in [0.2, 0.25) is 0 Å². The molecular formula is C14H22N2O. The molecular weight excluding hydrogens is 212 g/mol. The number of ether oxygens (including phenoxy) is 1. The molecule has 0 saturated carbocycles. The van der Waals surface area contributed by atoms with E-state index < -0.39 is 0 Å². The van der Waals surface area contributed by atoms with E-state index in [1.807, 2.05) is 0 Å². The van der Waals surface area contributed by atoms with Crippen LogP contribution < -0.4 is 5.73 Å². The van der Waals surface area contributed by atoms with Crippen molar-refractivity contribution >= 4 is 0 Å². The molecule has 2 atom stereocenters. The Labute approximate surface area is 104 Å². The topological polar surface area (TPSA) is 38.5 Å². The molecule has 0 amide bonds. The summed E-state index contributed by atoms with van der Waals surface area (Å²) in [6, 6.07) is 10.9. The summed E-state index contributed by atoms with van der Waals surface area (Å²) in [6.07, 6.45) is 1.29. The predicted molar refractivity (Wildman–Crippen MR) is 69.8 cm³/mol. The molecule has 1 fully saturated rings. The SMILES string of the molecule is CCCN1CCOC(CN)C1c1ccccc1. The van der Waals surface area contributed by atoms with Crippen molar-refractivity contribution < 1.29 is 4.74 Å². The van der Waals surface area contributed by atoms with E-state index in [4.69, 9.17) is 10.5 Å². The molecule has 94 valence electrons. The van der Waals surface area contributed by atoms with Crippen molar-refractivity contribution in [3.8, 4) is 0 Å². The van der Waals surface area contributed by atoms with Crippen LogP contribution in [-0.2, 0) is 4.74 Å².